The van der Waals surface area contributed by atoms with E-state index in [2.05, 4.69) is 57.3 Å². The van der Waals surface area contributed by atoms with Crippen LogP contribution in [-0.2, 0) is 16.6 Å². The highest BCUT2D eigenvalue weighted by Gasteiger charge is 2.42. The maximum Gasteiger partial charge on any atom is 0.220 e. The van der Waals surface area contributed by atoms with Crippen molar-refractivity contribution in [1.29, 1.82) is 0 Å². The third kappa shape index (κ3) is 4.02. The number of hydrogen-bond acceptors (Lipinski definition) is 1. The Hall–Kier alpha value is -1.31. The number of rotatable bonds is 5. The van der Waals surface area contributed by atoms with Gasteiger partial charge in [-0.15, -0.1) is 0 Å². The van der Waals surface area contributed by atoms with Gasteiger partial charge in [0.05, 0.1) is 0 Å². The third-order valence-electron chi connectivity index (χ3n) is 6.28. The van der Waals surface area contributed by atoms with Crippen molar-refractivity contribution < 1.29 is 4.79 Å². The summed E-state index contributed by atoms with van der Waals surface area (Å²) in [6.45, 7) is 8.90. The van der Waals surface area contributed by atoms with Crippen molar-refractivity contribution in [2.24, 2.45) is 17.8 Å². The van der Waals surface area contributed by atoms with Crippen LogP contribution in [0.1, 0.15) is 70.9 Å². The van der Waals surface area contributed by atoms with Crippen LogP contribution >= 0.6 is 0 Å². The number of carbonyl (C=O) groups is 1. The molecule has 2 fully saturated rings. The first-order valence-corrected chi connectivity index (χ1v) is 9.71. The van der Waals surface area contributed by atoms with Crippen molar-refractivity contribution >= 4 is 5.91 Å². The van der Waals surface area contributed by atoms with Gasteiger partial charge in [0.2, 0.25) is 5.91 Å². The number of fused-ring (bicyclic) bond motifs is 2. The van der Waals surface area contributed by atoms with Gasteiger partial charge in [-0.1, -0.05) is 51.5 Å². The van der Waals surface area contributed by atoms with Crippen LogP contribution in [0.5, 0.6) is 0 Å². The molecule has 1 N–H and O–H groups in total. The SMILES string of the molecule is CC(NC(=O)CCc1ccc(C(C)(C)C)cc1)C1CC2CCC1C2. The lowest BCUT2D eigenvalue weighted by molar-refractivity contribution is -0.122. The fourth-order valence-electron chi connectivity index (χ4n) is 4.77. The molecule has 2 saturated carbocycles. The summed E-state index contributed by atoms with van der Waals surface area (Å²) in [5.74, 6) is 2.75. The fourth-order valence-corrected chi connectivity index (χ4v) is 4.77. The van der Waals surface area contributed by atoms with Crippen LogP contribution in [0.15, 0.2) is 24.3 Å². The quantitative estimate of drug-likeness (QED) is 0.822. The summed E-state index contributed by atoms with van der Waals surface area (Å²) in [6.07, 6.45) is 6.98. The number of amides is 1. The summed E-state index contributed by atoms with van der Waals surface area (Å²) in [4.78, 5) is 12.3. The zero-order valence-electron chi connectivity index (χ0n) is 15.8. The van der Waals surface area contributed by atoms with E-state index in [9.17, 15) is 4.79 Å². The van der Waals surface area contributed by atoms with Gasteiger partial charge >= 0.3 is 0 Å². The lowest BCUT2D eigenvalue weighted by atomic mass is 9.84. The topological polar surface area (TPSA) is 29.1 Å². The number of aryl methyl sites for hydroxylation is 1. The fraction of sp³-hybridized carbons (Fsp3) is 0.682. The van der Waals surface area contributed by atoms with Gasteiger partial charge in [0.1, 0.15) is 0 Å². The molecule has 1 aromatic rings. The average molecular weight is 328 g/mol. The van der Waals surface area contributed by atoms with Crippen LogP contribution in [0.2, 0.25) is 0 Å². The van der Waals surface area contributed by atoms with Crippen LogP contribution in [-0.4, -0.2) is 11.9 Å². The number of nitrogens with one attached hydrogen (secondary N) is 1. The molecule has 4 atom stereocenters. The maximum absolute atomic E-state index is 12.3. The predicted molar refractivity (Wildman–Crippen MR) is 100 cm³/mol. The van der Waals surface area contributed by atoms with Gasteiger partial charge in [-0.25, -0.2) is 0 Å². The van der Waals surface area contributed by atoms with E-state index in [-0.39, 0.29) is 11.3 Å². The molecule has 2 bridgehead atoms. The van der Waals surface area contributed by atoms with Crippen LogP contribution in [0, 0.1) is 17.8 Å². The van der Waals surface area contributed by atoms with E-state index >= 15 is 0 Å². The molecule has 0 heterocycles. The Labute approximate surface area is 147 Å². The number of carbonyl (C=O) groups excluding carboxylic acids is 1. The predicted octanol–water partition coefficient (Wildman–Crippen LogP) is 4.86. The van der Waals surface area contributed by atoms with E-state index in [1.54, 1.807) is 0 Å². The third-order valence-corrected chi connectivity index (χ3v) is 6.28. The normalized spacial score (nSPS) is 27.2. The Morgan fingerprint density at radius 2 is 1.88 bits per heavy atom. The van der Waals surface area contributed by atoms with Crippen molar-refractivity contribution in [3.63, 3.8) is 0 Å². The van der Waals surface area contributed by atoms with Crippen LogP contribution in [0.4, 0.5) is 0 Å². The summed E-state index contributed by atoms with van der Waals surface area (Å²) in [6, 6.07) is 9.09. The summed E-state index contributed by atoms with van der Waals surface area (Å²) in [5.41, 5.74) is 2.79. The Bertz CT molecular complexity index is 569. The van der Waals surface area contributed by atoms with E-state index < -0.39 is 0 Å². The van der Waals surface area contributed by atoms with Crippen molar-refractivity contribution in [3.8, 4) is 0 Å². The van der Waals surface area contributed by atoms with Crippen molar-refractivity contribution in [1.82, 2.24) is 5.32 Å². The van der Waals surface area contributed by atoms with Crippen LogP contribution in [0.25, 0.3) is 0 Å². The summed E-state index contributed by atoms with van der Waals surface area (Å²) < 4.78 is 0. The van der Waals surface area contributed by atoms with Crippen LogP contribution < -0.4 is 5.32 Å². The molecule has 3 rings (SSSR count). The zero-order valence-corrected chi connectivity index (χ0v) is 15.8. The molecule has 24 heavy (non-hydrogen) atoms. The molecule has 0 saturated heterocycles. The Morgan fingerprint density at radius 3 is 2.42 bits per heavy atom. The van der Waals surface area contributed by atoms with Gasteiger partial charge in [0.25, 0.3) is 0 Å². The molecule has 4 unspecified atom stereocenters. The summed E-state index contributed by atoms with van der Waals surface area (Å²) in [5, 5.41) is 3.27. The molecular formula is C22H33NO. The van der Waals surface area contributed by atoms with Gasteiger partial charge in [0, 0.05) is 12.5 Å². The minimum atomic E-state index is 0.187. The van der Waals surface area contributed by atoms with Gasteiger partial charge in [0.15, 0.2) is 0 Å². The van der Waals surface area contributed by atoms with Gasteiger partial charge in [-0.2, -0.15) is 0 Å². The monoisotopic (exact) mass is 327 g/mol. The van der Waals surface area contributed by atoms with Crippen molar-refractivity contribution in [2.45, 2.75) is 77.7 Å². The second-order valence-electron chi connectivity index (χ2n) is 9.14. The van der Waals surface area contributed by atoms with Gasteiger partial charge in [-0.05, 0) is 66.9 Å². The second-order valence-corrected chi connectivity index (χ2v) is 9.14. The second kappa shape index (κ2) is 6.90. The smallest absolute Gasteiger partial charge is 0.220 e. The molecule has 0 aromatic heterocycles. The molecule has 2 aliphatic carbocycles. The molecule has 1 amide bonds. The minimum Gasteiger partial charge on any atom is -0.353 e. The molecular weight excluding hydrogens is 294 g/mol. The molecule has 2 heteroatoms. The number of benzene rings is 1. The lowest BCUT2D eigenvalue weighted by Crippen LogP contribution is -2.40. The Morgan fingerprint density at radius 1 is 1.17 bits per heavy atom. The van der Waals surface area contributed by atoms with Crippen LogP contribution in [0.3, 0.4) is 0 Å². The Kier molecular flexibility index (Phi) is 5.03. The van der Waals surface area contributed by atoms with Gasteiger partial charge in [-0.3, -0.25) is 4.79 Å². The van der Waals surface area contributed by atoms with E-state index in [1.165, 1.54) is 36.8 Å². The summed E-state index contributed by atoms with van der Waals surface area (Å²) >= 11 is 0. The number of hydrogen-bond donors (Lipinski definition) is 1. The van der Waals surface area contributed by atoms with E-state index in [1.807, 2.05) is 0 Å². The molecule has 0 radical (unpaired) electrons. The molecule has 132 valence electrons. The highest BCUT2D eigenvalue weighted by atomic mass is 16.1. The first-order chi connectivity index (χ1) is 11.3. The summed E-state index contributed by atoms with van der Waals surface area (Å²) in [7, 11) is 0. The first kappa shape index (κ1) is 17.5. The highest BCUT2D eigenvalue weighted by molar-refractivity contribution is 5.76. The van der Waals surface area contributed by atoms with Crippen molar-refractivity contribution in [3.05, 3.63) is 35.4 Å². The first-order valence-electron chi connectivity index (χ1n) is 9.71. The van der Waals surface area contributed by atoms with Gasteiger partial charge < -0.3 is 5.32 Å². The Balaban J connectivity index is 1.45. The molecule has 1 aromatic carbocycles. The molecule has 0 aliphatic heterocycles. The molecule has 2 aliphatic rings. The minimum absolute atomic E-state index is 0.187. The largest absolute Gasteiger partial charge is 0.353 e. The average Bonchev–Trinajstić information content (AvgIpc) is 3.15. The molecule has 0 spiro atoms. The van der Waals surface area contributed by atoms with Crippen molar-refractivity contribution in [2.75, 3.05) is 0 Å². The van der Waals surface area contributed by atoms with E-state index in [0.717, 1.165) is 24.2 Å². The molecule has 2 nitrogen and oxygen atoms in total. The lowest BCUT2D eigenvalue weighted by Gasteiger charge is -2.28. The van der Waals surface area contributed by atoms with E-state index in [0.29, 0.717) is 12.5 Å². The maximum atomic E-state index is 12.3. The highest BCUT2D eigenvalue weighted by Crippen LogP contribution is 2.49. The standard InChI is InChI=1S/C22H33NO/c1-15(20-14-17-5-9-18(20)13-17)23-21(24)12-8-16-6-10-19(11-7-16)22(2,3)4/h6-7,10-11,15,17-18,20H,5,8-9,12-14H2,1-4H3,(H,23,24). The van der Waals surface area contributed by atoms with E-state index in [4.69, 9.17) is 0 Å². The zero-order chi connectivity index (χ0) is 17.3.